The van der Waals surface area contributed by atoms with E-state index >= 15 is 0 Å². The van der Waals surface area contributed by atoms with Crippen molar-refractivity contribution in [1.29, 1.82) is 0 Å². The molecule has 204 valence electrons. The molecule has 4 heterocycles. The number of carbonyl (C=O) groups is 1. The van der Waals surface area contributed by atoms with E-state index in [1.54, 1.807) is 15.2 Å². The molecular weight excluding hydrogens is 500 g/mol. The third-order valence-electron chi connectivity index (χ3n) is 6.95. The van der Waals surface area contributed by atoms with E-state index in [1.807, 2.05) is 45.0 Å². The number of aryl methyl sites for hydroxylation is 3. The van der Waals surface area contributed by atoms with Crippen molar-refractivity contribution in [3.63, 3.8) is 0 Å². The van der Waals surface area contributed by atoms with E-state index in [1.165, 1.54) is 6.07 Å². The lowest BCUT2D eigenvalue weighted by Gasteiger charge is -2.15. The Morgan fingerprint density at radius 3 is 1.67 bits per heavy atom. The Hall–Kier alpha value is -3.63. The fourth-order valence-corrected chi connectivity index (χ4v) is 4.97. The van der Waals surface area contributed by atoms with Gasteiger partial charge in [-0.05, 0) is 49.6 Å². The molecule has 0 bridgehead atoms. The minimum absolute atomic E-state index is 0.00491. The summed E-state index contributed by atoms with van der Waals surface area (Å²) in [7, 11) is 0. The molecule has 0 saturated carbocycles. The van der Waals surface area contributed by atoms with Gasteiger partial charge in [0.2, 0.25) is 0 Å². The Bertz CT molecular complexity index is 1630. The standard InChI is InChI=1S/C15H15NO4.C15H17NO3/c1-10-2-3-12-11(9-17)7-14(18)16(13(12)6-10)8-15-19-4-5-20-15;1-10-3-4-12-11(2)8-14(17)16(13(12)7-10)9-15-18-5-6-19-15/h2-3,6-7,9,15H,4-5,8H2,1H3;3-4,7-8,15H,5-6,9H2,1-2H3. The number of benzene rings is 2. The SMILES string of the molecule is Cc1ccc2c(C)cc(=O)n(CC3OCCO3)c2c1.Cc1ccc2c(C=O)cc(=O)n(CC3OCCO3)c2c1. The fraction of sp³-hybridized carbons (Fsp3) is 0.367. The van der Waals surface area contributed by atoms with Gasteiger partial charge in [0.25, 0.3) is 11.1 Å². The lowest BCUT2D eigenvalue weighted by atomic mass is 10.1. The predicted octanol–water partition coefficient (Wildman–Crippen LogP) is 3.49. The van der Waals surface area contributed by atoms with Crippen LogP contribution in [0.2, 0.25) is 0 Å². The monoisotopic (exact) mass is 532 g/mol. The van der Waals surface area contributed by atoms with Crippen molar-refractivity contribution >= 4 is 28.1 Å². The number of aromatic nitrogens is 2. The van der Waals surface area contributed by atoms with Crippen molar-refractivity contribution in [3.05, 3.63) is 91.5 Å². The maximum Gasteiger partial charge on any atom is 0.251 e. The lowest BCUT2D eigenvalue weighted by Crippen LogP contribution is -2.27. The number of rotatable bonds is 5. The van der Waals surface area contributed by atoms with Crippen molar-refractivity contribution in [1.82, 2.24) is 9.13 Å². The van der Waals surface area contributed by atoms with Crippen LogP contribution >= 0.6 is 0 Å². The average Bonchev–Trinajstić information content (AvgIpc) is 3.63. The number of nitrogens with zero attached hydrogens (tertiary/aromatic N) is 2. The number of ether oxygens (including phenoxy) is 4. The Balaban J connectivity index is 0.000000158. The highest BCUT2D eigenvalue weighted by Crippen LogP contribution is 2.20. The van der Waals surface area contributed by atoms with E-state index in [0.29, 0.717) is 51.4 Å². The van der Waals surface area contributed by atoms with Gasteiger partial charge in [0.1, 0.15) is 0 Å². The van der Waals surface area contributed by atoms with Crippen molar-refractivity contribution in [2.24, 2.45) is 0 Å². The second kappa shape index (κ2) is 11.6. The maximum absolute atomic E-state index is 12.2. The van der Waals surface area contributed by atoms with Crippen LogP contribution in [-0.4, -0.2) is 54.4 Å². The summed E-state index contributed by atoms with van der Waals surface area (Å²) < 4.78 is 25.0. The van der Waals surface area contributed by atoms with Crippen molar-refractivity contribution in [2.45, 2.75) is 46.4 Å². The molecule has 0 radical (unpaired) electrons. The molecule has 0 unspecified atom stereocenters. The predicted molar refractivity (Wildman–Crippen MR) is 147 cm³/mol. The molecule has 4 aromatic rings. The van der Waals surface area contributed by atoms with Crippen molar-refractivity contribution in [2.75, 3.05) is 26.4 Å². The zero-order valence-corrected chi connectivity index (χ0v) is 22.3. The molecule has 6 rings (SSSR count). The smallest absolute Gasteiger partial charge is 0.251 e. The molecule has 2 saturated heterocycles. The number of hydrogen-bond donors (Lipinski definition) is 0. The van der Waals surface area contributed by atoms with Crippen LogP contribution in [0.25, 0.3) is 21.8 Å². The molecule has 2 fully saturated rings. The van der Waals surface area contributed by atoms with Gasteiger partial charge in [0.15, 0.2) is 18.9 Å². The number of hydrogen-bond acceptors (Lipinski definition) is 7. The zero-order valence-electron chi connectivity index (χ0n) is 22.3. The minimum Gasteiger partial charge on any atom is -0.348 e. The quantitative estimate of drug-likeness (QED) is 0.363. The molecule has 2 aliphatic heterocycles. The Labute approximate surface area is 225 Å². The third-order valence-corrected chi connectivity index (χ3v) is 6.95. The van der Waals surface area contributed by atoms with Gasteiger partial charge in [-0.2, -0.15) is 0 Å². The van der Waals surface area contributed by atoms with Gasteiger partial charge in [-0.15, -0.1) is 0 Å². The van der Waals surface area contributed by atoms with Gasteiger partial charge < -0.3 is 28.1 Å². The normalized spacial score (nSPS) is 16.1. The van der Waals surface area contributed by atoms with Crippen LogP contribution in [0.5, 0.6) is 0 Å². The maximum atomic E-state index is 12.2. The number of carbonyl (C=O) groups excluding carboxylic acids is 1. The number of pyridine rings is 2. The fourth-order valence-electron chi connectivity index (χ4n) is 4.97. The molecule has 2 aromatic carbocycles. The molecule has 39 heavy (non-hydrogen) atoms. The van der Waals surface area contributed by atoms with Gasteiger partial charge in [0, 0.05) is 28.5 Å². The van der Waals surface area contributed by atoms with Crippen molar-refractivity contribution in [3.8, 4) is 0 Å². The van der Waals surface area contributed by atoms with Crippen LogP contribution in [0.4, 0.5) is 0 Å². The third kappa shape index (κ3) is 5.86. The van der Waals surface area contributed by atoms with E-state index in [-0.39, 0.29) is 17.4 Å². The van der Waals surface area contributed by atoms with E-state index in [9.17, 15) is 14.4 Å². The largest absolute Gasteiger partial charge is 0.348 e. The van der Waals surface area contributed by atoms with Crippen LogP contribution in [0, 0.1) is 20.8 Å². The lowest BCUT2D eigenvalue weighted by molar-refractivity contribution is -0.0525. The number of aldehydes is 1. The molecule has 2 aliphatic rings. The summed E-state index contributed by atoms with van der Waals surface area (Å²) in [4.78, 5) is 35.5. The Morgan fingerprint density at radius 1 is 0.692 bits per heavy atom. The first-order chi connectivity index (χ1) is 18.8. The molecular formula is C30H32N2O7. The van der Waals surface area contributed by atoms with Gasteiger partial charge in [0.05, 0.1) is 50.6 Å². The van der Waals surface area contributed by atoms with Crippen LogP contribution in [0.3, 0.4) is 0 Å². The summed E-state index contributed by atoms with van der Waals surface area (Å²) in [6.07, 6.45) is -0.00554. The molecule has 9 heteroatoms. The van der Waals surface area contributed by atoms with Gasteiger partial charge >= 0.3 is 0 Å². The van der Waals surface area contributed by atoms with Gasteiger partial charge in [-0.25, -0.2) is 0 Å². The summed E-state index contributed by atoms with van der Waals surface area (Å²) in [5, 5.41) is 1.87. The molecule has 0 spiro atoms. The topological polar surface area (TPSA) is 98.0 Å². The summed E-state index contributed by atoms with van der Waals surface area (Å²) in [5.74, 6) is 0. The van der Waals surface area contributed by atoms with E-state index in [0.717, 1.165) is 38.5 Å². The van der Waals surface area contributed by atoms with Gasteiger partial charge in [-0.3, -0.25) is 14.4 Å². The van der Waals surface area contributed by atoms with Crippen molar-refractivity contribution < 1.29 is 23.7 Å². The average molecular weight is 533 g/mol. The Morgan fingerprint density at radius 2 is 1.15 bits per heavy atom. The summed E-state index contributed by atoms with van der Waals surface area (Å²) in [5.41, 5.74) is 5.04. The van der Waals surface area contributed by atoms with Crippen LogP contribution in [0.1, 0.15) is 27.0 Å². The van der Waals surface area contributed by atoms with E-state index in [4.69, 9.17) is 18.9 Å². The molecule has 2 aromatic heterocycles. The molecule has 9 nitrogen and oxygen atoms in total. The van der Waals surface area contributed by atoms with Crippen LogP contribution in [0.15, 0.2) is 58.1 Å². The highest BCUT2D eigenvalue weighted by molar-refractivity contribution is 5.96. The van der Waals surface area contributed by atoms with E-state index in [2.05, 4.69) is 12.1 Å². The summed E-state index contributed by atoms with van der Waals surface area (Å²) >= 11 is 0. The van der Waals surface area contributed by atoms with E-state index < -0.39 is 6.29 Å². The summed E-state index contributed by atoms with van der Waals surface area (Å²) in [6, 6.07) is 14.9. The molecule has 0 amide bonds. The second-order valence-corrected chi connectivity index (χ2v) is 9.83. The van der Waals surface area contributed by atoms with Gasteiger partial charge in [-0.1, -0.05) is 24.3 Å². The second-order valence-electron chi connectivity index (χ2n) is 9.83. The molecule has 0 atom stereocenters. The molecule has 0 N–H and O–H groups in total. The highest BCUT2D eigenvalue weighted by atomic mass is 16.7. The summed E-state index contributed by atoms with van der Waals surface area (Å²) in [6.45, 7) is 9.00. The van der Waals surface area contributed by atoms with Crippen LogP contribution in [-0.2, 0) is 32.0 Å². The Kier molecular flexibility index (Phi) is 8.04. The first kappa shape index (κ1) is 27.0. The van der Waals surface area contributed by atoms with Crippen LogP contribution < -0.4 is 11.1 Å². The highest BCUT2D eigenvalue weighted by Gasteiger charge is 2.20. The zero-order chi connectivity index (χ0) is 27.5. The first-order valence-electron chi connectivity index (χ1n) is 13.0. The first-order valence-corrected chi connectivity index (χ1v) is 13.0. The molecule has 0 aliphatic carbocycles. The minimum atomic E-state index is -0.404. The number of fused-ring (bicyclic) bond motifs is 2.